The number of aromatic amines is 1. The van der Waals surface area contributed by atoms with Crippen molar-refractivity contribution in [2.75, 3.05) is 19.0 Å². The highest BCUT2D eigenvalue weighted by atomic mass is 32.1. The van der Waals surface area contributed by atoms with E-state index < -0.39 is 0 Å². The highest BCUT2D eigenvalue weighted by molar-refractivity contribution is 7.13. The number of methoxy groups -OCH3 is 1. The molecule has 0 unspecified atom stereocenters. The lowest BCUT2D eigenvalue weighted by Gasteiger charge is -2.11. The summed E-state index contributed by atoms with van der Waals surface area (Å²) in [4.78, 5) is 33.3. The van der Waals surface area contributed by atoms with Crippen LogP contribution in [0, 0.1) is 6.92 Å². The molecule has 0 saturated carbocycles. The Balaban J connectivity index is 1.61. The van der Waals surface area contributed by atoms with Crippen LogP contribution in [-0.2, 0) is 11.2 Å². The van der Waals surface area contributed by atoms with E-state index in [4.69, 9.17) is 9.47 Å². The quantitative estimate of drug-likeness (QED) is 0.411. The Morgan fingerprint density at radius 2 is 2.03 bits per heavy atom. The fourth-order valence-electron chi connectivity index (χ4n) is 3.31. The van der Waals surface area contributed by atoms with Crippen molar-refractivity contribution in [3.05, 3.63) is 69.5 Å². The van der Waals surface area contributed by atoms with Gasteiger partial charge in [-0.3, -0.25) is 14.6 Å². The summed E-state index contributed by atoms with van der Waals surface area (Å²) < 4.78 is 12.2. The molecule has 0 spiro atoms. The maximum atomic E-state index is 12.7. The van der Waals surface area contributed by atoms with Gasteiger partial charge in [-0.05, 0) is 36.9 Å². The van der Waals surface area contributed by atoms with E-state index >= 15 is 0 Å². The summed E-state index contributed by atoms with van der Waals surface area (Å²) in [6.45, 7) is 3.46. The molecule has 0 atom stereocenters. The van der Waals surface area contributed by atoms with Gasteiger partial charge < -0.3 is 14.8 Å². The Labute approximate surface area is 194 Å². The summed E-state index contributed by atoms with van der Waals surface area (Å²) in [5.41, 5.74) is 1.64. The molecule has 3 heterocycles. The first-order valence-electron chi connectivity index (χ1n) is 10.3. The summed E-state index contributed by atoms with van der Waals surface area (Å²) in [6, 6.07) is 12.6. The molecule has 9 nitrogen and oxygen atoms in total. The molecule has 0 aliphatic rings. The molecule has 0 bridgehead atoms. The van der Waals surface area contributed by atoms with Gasteiger partial charge in [0.15, 0.2) is 6.61 Å². The summed E-state index contributed by atoms with van der Waals surface area (Å²) in [5.74, 6) is 1.34. The summed E-state index contributed by atoms with van der Waals surface area (Å²) in [7, 11) is 1.56. The van der Waals surface area contributed by atoms with Crippen molar-refractivity contribution in [3.8, 4) is 28.0 Å². The van der Waals surface area contributed by atoms with Crippen LogP contribution in [0.2, 0.25) is 0 Å². The number of anilines is 1. The first kappa shape index (κ1) is 22.3. The predicted octanol–water partition coefficient (Wildman–Crippen LogP) is 3.58. The number of nitrogens with one attached hydrogen (secondary N) is 2. The van der Waals surface area contributed by atoms with Crippen LogP contribution < -0.4 is 20.3 Å². The number of amides is 1. The average molecular weight is 466 g/mol. The van der Waals surface area contributed by atoms with E-state index in [0.717, 1.165) is 4.88 Å². The maximum absolute atomic E-state index is 12.7. The number of aryl methyl sites for hydroxylation is 1. The van der Waals surface area contributed by atoms with Crippen molar-refractivity contribution in [1.29, 1.82) is 0 Å². The zero-order valence-electron chi connectivity index (χ0n) is 18.4. The van der Waals surface area contributed by atoms with E-state index in [2.05, 4.69) is 20.4 Å². The van der Waals surface area contributed by atoms with Gasteiger partial charge in [-0.2, -0.15) is 9.78 Å². The minimum Gasteiger partial charge on any atom is -0.497 e. The van der Waals surface area contributed by atoms with Crippen LogP contribution in [0.4, 0.5) is 5.82 Å². The number of nitrogens with zero attached hydrogens (tertiary/aromatic N) is 3. The third-order valence-electron chi connectivity index (χ3n) is 4.93. The molecule has 2 N–H and O–H groups in total. The number of carbonyl (C=O) groups excluding carboxylic acids is 1. The van der Waals surface area contributed by atoms with Crippen LogP contribution in [-0.4, -0.2) is 39.4 Å². The Kier molecular flexibility index (Phi) is 6.55. The van der Waals surface area contributed by atoms with E-state index in [1.54, 1.807) is 44.4 Å². The fourth-order valence-corrected chi connectivity index (χ4v) is 3.99. The summed E-state index contributed by atoms with van der Waals surface area (Å²) >= 11 is 1.52. The van der Waals surface area contributed by atoms with Crippen LogP contribution in [0.5, 0.6) is 11.5 Å². The van der Waals surface area contributed by atoms with Crippen LogP contribution in [0.15, 0.2) is 52.6 Å². The molecule has 1 amide bonds. The molecule has 0 radical (unpaired) electrons. The number of benzene rings is 1. The largest absolute Gasteiger partial charge is 0.497 e. The van der Waals surface area contributed by atoms with Crippen molar-refractivity contribution in [1.82, 2.24) is 19.7 Å². The van der Waals surface area contributed by atoms with E-state index in [1.165, 1.54) is 16.0 Å². The number of hydrogen-bond donors (Lipinski definition) is 2. The Morgan fingerprint density at radius 1 is 1.21 bits per heavy atom. The molecular weight excluding hydrogens is 442 g/mol. The standard InChI is InChI=1S/C23H23N5O4S/c1-4-17-14(2)24-23(26-22(17)30)28-20(12-18(27-28)19-9-6-10-33-19)25-21(29)13-32-16-8-5-7-15(11-16)31-3/h5-12H,4,13H2,1-3H3,(H,25,29)(H,24,26,30). The van der Waals surface area contributed by atoms with Crippen molar-refractivity contribution in [2.24, 2.45) is 0 Å². The number of hydrogen-bond acceptors (Lipinski definition) is 7. The van der Waals surface area contributed by atoms with Crippen molar-refractivity contribution in [3.63, 3.8) is 0 Å². The van der Waals surface area contributed by atoms with Crippen molar-refractivity contribution >= 4 is 23.1 Å². The zero-order chi connectivity index (χ0) is 23.4. The third kappa shape index (κ3) is 4.96. The molecule has 1 aromatic carbocycles. The highest BCUT2D eigenvalue weighted by Crippen LogP contribution is 2.27. The number of H-pyrrole nitrogens is 1. The molecular formula is C23H23N5O4S. The molecule has 0 aliphatic carbocycles. The van der Waals surface area contributed by atoms with Crippen molar-refractivity contribution in [2.45, 2.75) is 20.3 Å². The van der Waals surface area contributed by atoms with E-state index in [9.17, 15) is 9.59 Å². The van der Waals surface area contributed by atoms with Gasteiger partial charge in [-0.1, -0.05) is 19.1 Å². The molecule has 33 heavy (non-hydrogen) atoms. The number of rotatable bonds is 8. The second-order valence-electron chi connectivity index (χ2n) is 7.13. The molecule has 0 aliphatic heterocycles. The zero-order valence-corrected chi connectivity index (χ0v) is 19.2. The number of thiophene rings is 1. The van der Waals surface area contributed by atoms with Gasteiger partial charge in [0, 0.05) is 23.4 Å². The minimum absolute atomic E-state index is 0.218. The first-order chi connectivity index (χ1) is 16.0. The lowest BCUT2D eigenvalue weighted by molar-refractivity contribution is -0.118. The molecule has 4 aromatic rings. The molecule has 0 saturated heterocycles. The van der Waals surface area contributed by atoms with Gasteiger partial charge in [0.25, 0.3) is 11.5 Å². The monoisotopic (exact) mass is 465 g/mol. The molecule has 3 aromatic heterocycles. The SMILES string of the molecule is CCc1c(C)nc(-n2nc(-c3cccs3)cc2NC(=O)COc2cccc(OC)c2)[nH]c1=O. The van der Waals surface area contributed by atoms with Gasteiger partial charge in [-0.15, -0.1) is 11.3 Å². The van der Waals surface area contributed by atoms with E-state index in [1.807, 2.05) is 24.4 Å². The normalized spacial score (nSPS) is 10.8. The summed E-state index contributed by atoms with van der Waals surface area (Å²) in [5, 5.41) is 9.32. The topological polar surface area (TPSA) is 111 Å². The van der Waals surface area contributed by atoms with Gasteiger partial charge in [0.1, 0.15) is 23.0 Å². The average Bonchev–Trinajstić information content (AvgIpc) is 3.48. The first-order valence-corrected chi connectivity index (χ1v) is 11.2. The Hall–Kier alpha value is -3.92. The number of carbonyl (C=O) groups is 1. The summed E-state index contributed by atoms with van der Waals surface area (Å²) in [6.07, 6.45) is 0.569. The van der Waals surface area contributed by atoms with Crippen LogP contribution in [0.1, 0.15) is 18.2 Å². The van der Waals surface area contributed by atoms with E-state index in [-0.39, 0.29) is 24.0 Å². The lowest BCUT2D eigenvalue weighted by atomic mass is 10.2. The molecule has 170 valence electrons. The number of aromatic nitrogens is 4. The van der Waals surface area contributed by atoms with Crippen LogP contribution in [0.25, 0.3) is 16.5 Å². The molecule has 4 rings (SSSR count). The van der Waals surface area contributed by atoms with Gasteiger partial charge in [-0.25, -0.2) is 4.98 Å². The Bertz CT molecular complexity index is 1330. The smallest absolute Gasteiger partial charge is 0.263 e. The number of ether oxygens (including phenoxy) is 2. The minimum atomic E-state index is -0.388. The third-order valence-corrected chi connectivity index (χ3v) is 5.82. The lowest BCUT2D eigenvalue weighted by Crippen LogP contribution is -2.24. The molecule has 0 fully saturated rings. The van der Waals surface area contributed by atoms with E-state index in [0.29, 0.717) is 40.7 Å². The highest BCUT2D eigenvalue weighted by Gasteiger charge is 2.17. The second kappa shape index (κ2) is 9.70. The van der Waals surface area contributed by atoms with Crippen LogP contribution in [0.3, 0.4) is 0 Å². The van der Waals surface area contributed by atoms with Gasteiger partial charge in [0.05, 0.1) is 12.0 Å². The van der Waals surface area contributed by atoms with Crippen LogP contribution >= 0.6 is 11.3 Å². The molecule has 10 heteroatoms. The second-order valence-corrected chi connectivity index (χ2v) is 8.07. The van der Waals surface area contributed by atoms with Gasteiger partial charge >= 0.3 is 0 Å². The predicted molar refractivity (Wildman–Crippen MR) is 127 cm³/mol. The van der Waals surface area contributed by atoms with Gasteiger partial charge in [0.2, 0.25) is 5.95 Å². The fraction of sp³-hybridized carbons (Fsp3) is 0.217. The van der Waals surface area contributed by atoms with Crippen molar-refractivity contribution < 1.29 is 14.3 Å². The Morgan fingerprint density at radius 3 is 2.73 bits per heavy atom. The maximum Gasteiger partial charge on any atom is 0.263 e.